The van der Waals surface area contributed by atoms with Gasteiger partial charge in [0, 0.05) is 12.8 Å². The summed E-state index contributed by atoms with van der Waals surface area (Å²) in [5.41, 5.74) is 6.47. The largest absolute Gasteiger partial charge is 0.726 e. The summed E-state index contributed by atoms with van der Waals surface area (Å²) < 4.78 is 31.8. The molecule has 0 aromatic carbocycles. The van der Waals surface area contributed by atoms with E-state index in [4.69, 9.17) is 10.7 Å². The summed E-state index contributed by atoms with van der Waals surface area (Å²) in [6.07, 6.45) is 43.0. The fraction of sp³-hybridized carbons (Fsp3) is 0.952. The first-order chi connectivity index (χ1) is 24.6. The van der Waals surface area contributed by atoms with Gasteiger partial charge in [-0.05, 0) is 12.8 Å². The fourth-order valence-electron chi connectivity index (χ4n) is 7.29. The van der Waals surface area contributed by atoms with Crippen LogP contribution in [-0.2, 0) is 19.4 Å². The quantitative estimate of drug-likeness (QED) is 0.0295. The van der Waals surface area contributed by atoms with Crippen molar-refractivity contribution in [1.82, 2.24) is 0 Å². The molecule has 0 aromatic heterocycles. The van der Waals surface area contributed by atoms with Crippen LogP contribution in [0.25, 0.3) is 0 Å². The molecule has 8 nitrogen and oxygen atoms in total. The van der Waals surface area contributed by atoms with E-state index in [1.165, 1.54) is 192 Å². The summed E-state index contributed by atoms with van der Waals surface area (Å²) in [5.74, 6) is 1.56. The Labute approximate surface area is 317 Å². The minimum Gasteiger partial charge on any atom is -0.726 e. The molecule has 0 saturated heterocycles. The molecule has 0 spiro atoms. The van der Waals surface area contributed by atoms with Gasteiger partial charge in [0.05, 0.1) is 20.7 Å². The van der Waals surface area contributed by atoms with E-state index in [1.54, 1.807) is 0 Å². The first kappa shape index (κ1) is 50.1. The van der Waals surface area contributed by atoms with E-state index in [9.17, 15) is 17.8 Å². The van der Waals surface area contributed by atoms with Gasteiger partial charge in [0.1, 0.15) is 19.1 Å². The lowest BCUT2D eigenvalue weighted by molar-refractivity contribution is -0.815. The normalized spacial score (nSPS) is 16.5. The molecule has 0 aliphatic carbocycles. The molecule has 304 valence electrons. The van der Waals surface area contributed by atoms with E-state index in [-0.39, 0.29) is 11.8 Å². The van der Waals surface area contributed by atoms with Crippen LogP contribution in [-0.4, -0.2) is 68.9 Å². The molecule has 51 heavy (non-hydrogen) atoms. The minimum atomic E-state index is -4.41. The Hall–Kier alpha value is -0.870. The van der Waals surface area contributed by atoms with Crippen molar-refractivity contribution in [3.05, 3.63) is 0 Å². The molecule has 1 heterocycles. The molecular weight excluding hydrogens is 659 g/mol. The molecule has 0 radical (unpaired) electrons. The van der Waals surface area contributed by atoms with Crippen molar-refractivity contribution in [2.45, 2.75) is 225 Å². The van der Waals surface area contributed by atoms with Gasteiger partial charge in [-0.2, -0.15) is 0 Å². The molecule has 0 saturated carbocycles. The molecule has 2 unspecified atom stereocenters. The average molecular weight is 744 g/mol. The van der Waals surface area contributed by atoms with E-state index in [1.807, 2.05) is 0 Å². The summed E-state index contributed by atoms with van der Waals surface area (Å²) in [5, 5.41) is 0. The third-order valence-electron chi connectivity index (χ3n) is 10.8. The number of ketones is 1. The first-order valence-electron chi connectivity index (χ1n) is 21.8. The van der Waals surface area contributed by atoms with Crippen LogP contribution in [0.2, 0.25) is 0 Å². The smallest absolute Gasteiger partial charge is 0.217 e. The Balaban J connectivity index is 0.00000381. The maximum Gasteiger partial charge on any atom is 0.217 e. The van der Waals surface area contributed by atoms with Gasteiger partial charge in [-0.1, -0.05) is 194 Å². The number of hydrogen-bond acceptors (Lipinski definition) is 7. The number of Topliss-reactive ketones (excluding diaryl/α,β-unsaturated/α-hetero) is 1. The fourth-order valence-corrected chi connectivity index (χ4v) is 7.29. The van der Waals surface area contributed by atoms with Crippen molar-refractivity contribution in [2.24, 2.45) is 10.7 Å². The monoisotopic (exact) mass is 744 g/mol. The van der Waals surface area contributed by atoms with Crippen molar-refractivity contribution in [2.75, 3.05) is 33.8 Å². The van der Waals surface area contributed by atoms with Crippen molar-refractivity contribution in [3.8, 4) is 0 Å². The lowest BCUT2D eigenvalue weighted by Crippen LogP contribution is -2.55. The highest BCUT2D eigenvalue weighted by atomic mass is 32.3. The van der Waals surface area contributed by atoms with Gasteiger partial charge in [0.25, 0.3) is 0 Å². The summed E-state index contributed by atoms with van der Waals surface area (Å²) >= 11 is 0. The van der Waals surface area contributed by atoms with Gasteiger partial charge >= 0.3 is 0 Å². The molecule has 1 rings (SSSR count). The number of rotatable bonds is 36. The Bertz CT molecular complexity index is 929. The molecule has 0 aromatic rings. The summed E-state index contributed by atoms with van der Waals surface area (Å²) in [4.78, 5) is 17.7. The molecule has 1 aliphatic heterocycles. The third kappa shape index (κ3) is 32.3. The molecule has 9 heteroatoms. The number of hydrogen-bond donors (Lipinski definition) is 1. The highest BCUT2D eigenvalue weighted by Gasteiger charge is 2.36. The highest BCUT2D eigenvalue weighted by molar-refractivity contribution is 7.80. The summed E-state index contributed by atoms with van der Waals surface area (Å²) in [7, 11) is -1.34. The SMILES string of the molecule is CCCCCCCCCCCCCCCCCC(=O)C(N)C[N+]1(C)CCN=C1CCCCCCCCCCCCCCCCC.COS(=O)(=O)[O-]. The number of aliphatic imine (C=N–C) groups is 1. The van der Waals surface area contributed by atoms with Gasteiger partial charge < -0.3 is 10.3 Å². The zero-order valence-electron chi connectivity index (χ0n) is 34.2. The molecule has 2 N–H and O–H groups in total. The molecule has 2 atom stereocenters. The summed E-state index contributed by atoms with van der Waals surface area (Å²) in [6, 6.07) is -0.342. The van der Waals surface area contributed by atoms with Crippen molar-refractivity contribution >= 4 is 22.0 Å². The number of nitrogens with zero attached hydrogens (tertiary/aromatic N) is 2. The maximum absolute atomic E-state index is 12.8. The minimum absolute atomic E-state index is 0.266. The Kier molecular flexibility index (Phi) is 34.3. The number of amidine groups is 1. The predicted molar refractivity (Wildman–Crippen MR) is 217 cm³/mol. The zero-order valence-corrected chi connectivity index (χ0v) is 35.1. The lowest BCUT2D eigenvalue weighted by atomic mass is 10.0. The Morgan fingerprint density at radius 2 is 0.980 bits per heavy atom. The van der Waals surface area contributed by atoms with E-state index in [0.717, 1.165) is 44.1 Å². The van der Waals surface area contributed by atoms with Crippen molar-refractivity contribution in [3.63, 3.8) is 0 Å². The van der Waals surface area contributed by atoms with Crippen molar-refractivity contribution in [1.29, 1.82) is 0 Å². The summed E-state index contributed by atoms with van der Waals surface area (Å²) in [6.45, 7) is 7.22. The number of carbonyl (C=O) groups excluding carboxylic acids is 1. The van der Waals surface area contributed by atoms with Crippen LogP contribution in [0.3, 0.4) is 0 Å². The van der Waals surface area contributed by atoms with Crippen LogP contribution in [0.4, 0.5) is 0 Å². The van der Waals surface area contributed by atoms with Gasteiger partial charge in [0.15, 0.2) is 11.6 Å². The van der Waals surface area contributed by atoms with Crippen LogP contribution in [0, 0.1) is 0 Å². The van der Waals surface area contributed by atoms with E-state index in [0.29, 0.717) is 6.42 Å². The number of unbranched alkanes of at least 4 members (excludes halogenated alkanes) is 28. The lowest BCUT2D eigenvalue weighted by Gasteiger charge is -2.32. The third-order valence-corrected chi connectivity index (χ3v) is 11.2. The van der Waals surface area contributed by atoms with Crippen molar-refractivity contribution < 1.29 is 26.4 Å². The van der Waals surface area contributed by atoms with Gasteiger partial charge in [-0.15, -0.1) is 0 Å². The van der Waals surface area contributed by atoms with Crippen LogP contribution in [0.1, 0.15) is 219 Å². The Morgan fingerprint density at radius 3 is 1.31 bits per heavy atom. The number of nitrogens with two attached hydrogens (primary N) is 1. The van der Waals surface area contributed by atoms with Crippen LogP contribution in [0.5, 0.6) is 0 Å². The molecule has 0 fully saturated rings. The second kappa shape index (κ2) is 34.9. The maximum atomic E-state index is 12.8. The van der Waals surface area contributed by atoms with E-state index < -0.39 is 10.4 Å². The van der Waals surface area contributed by atoms with Crippen LogP contribution >= 0.6 is 0 Å². The second-order valence-electron chi connectivity index (χ2n) is 15.6. The average Bonchev–Trinajstić information content (AvgIpc) is 3.46. The predicted octanol–water partition coefficient (Wildman–Crippen LogP) is 11.4. The number of likely N-dealkylation sites (N-methyl/N-ethyl adjacent to an activating group) is 1. The van der Waals surface area contributed by atoms with E-state index in [2.05, 4.69) is 25.1 Å². The zero-order chi connectivity index (χ0) is 37.9. The molecule has 0 amide bonds. The van der Waals surface area contributed by atoms with Gasteiger partial charge in [-0.3, -0.25) is 13.5 Å². The second-order valence-corrected chi connectivity index (χ2v) is 16.8. The van der Waals surface area contributed by atoms with Crippen LogP contribution < -0.4 is 5.73 Å². The topological polar surface area (TPSA) is 122 Å². The molecule has 0 bridgehead atoms. The van der Waals surface area contributed by atoms with Gasteiger partial charge in [0.2, 0.25) is 10.4 Å². The Morgan fingerprint density at radius 1 is 0.667 bits per heavy atom. The highest BCUT2D eigenvalue weighted by Crippen LogP contribution is 2.20. The molecular formula is C42H85N3O5S. The number of carbonyl (C=O) groups is 1. The first-order valence-corrected chi connectivity index (χ1v) is 23.1. The van der Waals surface area contributed by atoms with E-state index >= 15 is 0 Å². The van der Waals surface area contributed by atoms with Crippen LogP contribution in [0.15, 0.2) is 4.99 Å². The number of quaternary nitrogens is 1. The van der Waals surface area contributed by atoms with Gasteiger partial charge in [-0.25, -0.2) is 13.4 Å². The standard InChI is InChI=1S/C41H82N3O.CH4O4S/c1-4-6-8-10-12-14-16-18-20-22-24-26-28-30-32-34-40(45)39(42)38-44(3)37-36-43-41(44)35-33-31-29-27-25-23-21-19-17-15-13-11-9-7-5-2;1-5-6(2,3)4/h39H,4-38,42H2,1-3H3;1H3,(H,2,3,4)/q+1;/p-1. The molecule has 1 aliphatic rings.